The van der Waals surface area contributed by atoms with Gasteiger partial charge in [0.05, 0.1) is 12.9 Å². The number of amides is 1. The smallest absolute Gasteiger partial charge is 0.292 e. The number of hydrogen-bond acceptors (Lipinski definition) is 3. The van der Waals surface area contributed by atoms with E-state index in [2.05, 4.69) is 5.32 Å². The van der Waals surface area contributed by atoms with Crippen LogP contribution in [0, 0.1) is 5.82 Å². The number of anilines is 1. The van der Waals surface area contributed by atoms with E-state index in [0.717, 1.165) is 0 Å². The van der Waals surface area contributed by atoms with Gasteiger partial charge in [0.15, 0.2) is 5.76 Å². The zero-order valence-corrected chi connectivity index (χ0v) is 12.1. The Morgan fingerprint density at radius 2 is 1.91 bits per heavy atom. The van der Waals surface area contributed by atoms with Crippen molar-refractivity contribution in [3.8, 4) is 11.1 Å². The van der Waals surface area contributed by atoms with E-state index in [9.17, 15) is 9.18 Å². The summed E-state index contributed by atoms with van der Waals surface area (Å²) in [4.78, 5) is 12.4. The summed E-state index contributed by atoms with van der Waals surface area (Å²) in [6, 6.07) is 14.4. The summed E-state index contributed by atoms with van der Waals surface area (Å²) in [5, 5.41) is 11.9. The number of benzene rings is 2. The Hall–Kier alpha value is -2.92. The molecule has 0 atom stereocenters. The molecule has 0 spiro atoms. The van der Waals surface area contributed by atoms with Crippen molar-refractivity contribution >= 4 is 11.6 Å². The lowest BCUT2D eigenvalue weighted by atomic mass is 10.1. The maximum Gasteiger partial charge on any atom is 0.292 e. The summed E-state index contributed by atoms with van der Waals surface area (Å²) >= 11 is 0. The Morgan fingerprint density at radius 1 is 1.13 bits per heavy atom. The molecule has 23 heavy (non-hydrogen) atoms. The van der Waals surface area contributed by atoms with Crippen LogP contribution in [0.2, 0.25) is 0 Å². The molecule has 1 amide bonds. The van der Waals surface area contributed by atoms with Gasteiger partial charge in [0.2, 0.25) is 0 Å². The van der Waals surface area contributed by atoms with Crippen LogP contribution in [0.3, 0.4) is 0 Å². The molecule has 0 saturated carbocycles. The summed E-state index contributed by atoms with van der Waals surface area (Å²) in [5.74, 6) is -0.612. The molecular formula is C18H14FNO3. The van der Waals surface area contributed by atoms with Crippen molar-refractivity contribution < 1.29 is 18.7 Å². The third-order valence-corrected chi connectivity index (χ3v) is 3.39. The molecular weight excluding hydrogens is 297 g/mol. The Morgan fingerprint density at radius 3 is 2.65 bits per heavy atom. The Kier molecular flexibility index (Phi) is 4.21. The summed E-state index contributed by atoms with van der Waals surface area (Å²) < 4.78 is 18.3. The highest BCUT2D eigenvalue weighted by molar-refractivity contribution is 6.06. The molecule has 3 rings (SSSR count). The van der Waals surface area contributed by atoms with Crippen molar-refractivity contribution in [2.45, 2.75) is 6.61 Å². The molecule has 0 aliphatic rings. The molecule has 4 nitrogen and oxygen atoms in total. The first-order valence-corrected chi connectivity index (χ1v) is 7.02. The second-order valence-corrected chi connectivity index (χ2v) is 4.98. The van der Waals surface area contributed by atoms with Crippen molar-refractivity contribution in [3.05, 3.63) is 78.0 Å². The average Bonchev–Trinajstić information content (AvgIpc) is 3.05. The van der Waals surface area contributed by atoms with Crippen LogP contribution in [0.5, 0.6) is 0 Å². The van der Waals surface area contributed by atoms with Gasteiger partial charge in [-0.2, -0.15) is 0 Å². The van der Waals surface area contributed by atoms with Gasteiger partial charge < -0.3 is 14.8 Å². The molecule has 0 saturated heterocycles. The summed E-state index contributed by atoms with van der Waals surface area (Å²) in [5.41, 5.74) is 2.53. The third-order valence-electron chi connectivity index (χ3n) is 3.39. The first-order chi connectivity index (χ1) is 11.2. The zero-order chi connectivity index (χ0) is 16.2. The van der Waals surface area contributed by atoms with Gasteiger partial charge in [-0.15, -0.1) is 0 Å². The van der Waals surface area contributed by atoms with Gasteiger partial charge in [-0.3, -0.25) is 4.79 Å². The number of hydrogen-bond donors (Lipinski definition) is 2. The predicted octanol–water partition coefficient (Wildman–Crippen LogP) is 3.83. The van der Waals surface area contributed by atoms with Crippen LogP contribution in [0.25, 0.3) is 11.1 Å². The lowest BCUT2D eigenvalue weighted by molar-refractivity contribution is 0.0997. The highest BCUT2D eigenvalue weighted by Crippen LogP contribution is 2.26. The van der Waals surface area contributed by atoms with E-state index in [4.69, 9.17) is 9.52 Å². The average molecular weight is 311 g/mol. The largest absolute Gasteiger partial charge is 0.459 e. The zero-order valence-electron chi connectivity index (χ0n) is 12.1. The molecule has 2 aromatic carbocycles. The third kappa shape index (κ3) is 3.30. The Bertz CT molecular complexity index is 824. The van der Waals surface area contributed by atoms with E-state index in [-0.39, 0.29) is 18.2 Å². The highest BCUT2D eigenvalue weighted by atomic mass is 19.1. The van der Waals surface area contributed by atoms with Crippen LogP contribution in [0.4, 0.5) is 10.1 Å². The number of carbonyl (C=O) groups excluding carboxylic acids is 1. The molecule has 0 fully saturated rings. The molecule has 116 valence electrons. The maximum atomic E-state index is 13.0. The minimum atomic E-state index is -0.413. The van der Waals surface area contributed by atoms with Gasteiger partial charge in [0, 0.05) is 11.3 Å². The molecule has 0 aliphatic heterocycles. The van der Waals surface area contributed by atoms with E-state index < -0.39 is 5.91 Å². The maximum absolute atomic E-state index is 13.0. The van der Waals surface area contributed by atoms with Gasteiger partial charge in [-0.05, 0) is 41.5 Å². The van der Waals surface area contributed by atoms with E-state index in [1.807, 2.05) is 0 Å². The lowest BCUT2D eigenvalue weighted by Gasteiger charge is -2.07. The molecule has 5 heteroatoms. The van der Waals surface area contributed by atoms with Gasteiger partial charge in [-0.25, -0.2) is 4.39 Å². The van der Waals surface area contributed by atoms with E-state index in [1.165, 1.54) is 18.4 Å². The fraction of sp³-hybridized carbons (Fsp3) is 0.0556. The van der Waals surface area contributed by atoms with Gasteiger partial charge >= 0.3 is 0 Å². The number of aliphatic hydroxyl groups excluding tert-OH is 1. The first-order valence-electron chi connectivity index (χ1n) is 7.02. The van der Waals surface area contributed by atoms with E-state index >= 15 is 0 Å². The Balaban J connectivity index is 1.86. The van der Waals surface area contributed by atoms with Crippen LogP contribution in [-0.2, 0) is 6.61 Å². The normalized spacial score (nSPS) is 10.5. The fourth-order valence-corrected chi connectivity index (χ4v) is 2.28. The number of rotatable bonds is 4. The first kappa shape index (κ1) is 15.0. The van der Waals surface area contributed by atoms with Crippen molar-refractivity contribution in [1.82, 2.24) is 0 Å². The quantitative estimate of drug-likeness (QED) is 0.769. The lowest BCUT2D eigenvalue weighted by Crippen LogP contribution is -2.12. The van der Waals surface area contributed by atoms with Crippen LogP contribution in [0.1, 0.15) is 16.1 Å². The molecule has 0 bridgehead atoms. The minimum absolute atomic E-state index is 0.106. The monoisotopic (exact) mass is 311 g/mol. The van der Waals surface area contributed by atoms with Gasteiger partial charge in [0.1, 0.15) is 5.82 Å². The SMILES string of the molecule is O=C(Nc1cccc(CO)c1)c1occc1-c1ccc(F)cc1. The van der Waals surface area contributed by atoms with Crippen molar-refractivity contribution in [2.75, 3.05) is 5.32 Å². The minimum Gasteiger partial charge on any atom is -0.459 e. The van der Waals surface area contributed by atoms with E-state index in [1.54, 1.807) is 42.5 Å². The number of halogens is 1. The molecule has 2 N–H and O–H groups in total. The standard InChI is InChI=1S/C18H14FNO3/c19-14-6-4-13(5-7-14)16-8-9-23-17(16)18(22)20-15-3-1-2-12(10-15)11-21/h1-10,21H,11H2,(H,20,22). The number of carbonyl (C=O) groups is 1. The van der Waals surface area contributed by atoms with Crippen molar-refractivity contribution in [2.24, 2.45) is 0 Å². The van der Waals surface area contributed by atoms with Gasteiger partial charge in [-0.1, -0.05) is 24.3 Å². The second-order valence-electron chi connectivity index (χ2n) is 4.98. The second kappa shape index (κ2) is 6.46. The summed E-state index contributed by atoms with van der Waals surface area (Å²) in [6.45, 7) is -0.106. The van der Waals surface area contributed by atoms with Crippen molar-refractivity contribution in [3.63, 3.8) is 0 Å². The van der Waals surface area contributed by atoms with Crippen LogP contribution in [-0.4, -0.2) is 11.0 Å². The molecule has 0 unspecified atom stereocenters. The van der Waals surface area contributed by atoms with Crippen LogP contribution in [0.15, 0.2) is 65.3 Å². The molecule has 1 aromatic heterocycles. The van der Waals surface area contributed by atoms with Gasteiger partial charge in [0.25, 0.3) is 5.91 Å². The van der Waals surface area contributed by atoms with Crippen molar-refractivity contribution in [1.29, 1.82) is 0 Å². The fourth-order valence-electron chi connectivity index (χ4n) is 2.28. The highest BCUT2D eigenvalue weighted by Gasteiger charge is 2.17. The van der Waals surface area contributed by atoms with Crippen LogP contribution < -0.4 is 5.32 Å². The number of nitrogens with one attached hydrogen (secondary N) is 1. The Labute approximate surface area is 132 Å². The number of furan rings is 1. The molecule has 0 radical (unpaired) electrons. The summed E-state index contributed by atoms with van der Waals surface area (Å²) in [7, 11) is 0. The molecule has 1 heterocycles. The van der Waals surface area contributed by atoms with Crippen LogP contribution >= 0.6 is 0 Å². The molecule has 3 aromatic rings. The topological polar surface area (TPSA) is 62.5 Å². The van der Waals surface area contributed by atoms with E-state index in [0.29, 0.717) is 22.4 Å². The molecule has 0 aliphatic carbocycles. The number of aliphatic hydroxyl groups is 1. The summed E-state index contributed by atoms with van der Waals surface area (Å²) in [6.07, 6.45) is 1.41. The predicted molar refractivity (Wildman–Crippen MR) is 84.4 cm³/mol.